The zero-order chi connectivity index (χ0) is 13.5. The maximum atomic E-state index is 12.2. The molecule has 1 saturated carbocycles. The van der Waals surface area contributed by atoms with Crippen LogP contribution in [0.15, 0.2) is 24.3 Å². The fourth-order valence-electron chi connectivity index (χ4n) is 3.39. The number of benzene rings is 1. The first-order valence-corrected chi connectivity index (χ1v) is 8.03. The van der Waals surface area contributed by atoms with E-state index in [2.05, 4.69) is 43.0 Å². The Labute approximate surface area is 119 Å². The van der Waals surface area contributed by atoms with Crippen molar-refractivity contribution in [1.29, 1.82) is 0 Å². The van der Waals surface area contributed by atoms with Crippen LogP contribution in [0, 0.1) is 6.92 Å². The van der Waals surface area contributed by atoms with Gasteiger partial charge in [-0.15, -0.1) is 0 Å². The number of carbonyl (C=O) groups excluding carboxylic acids is 1. The molecule has 0 amide bonds. The van der Waals surface area contributed by atoms with E-state index in [4.69, 9.17) is 0 Å². The van der Waals surface area contributed by atoms with E-state index in [9.17, 15) is 4.79 Å². The van der Waals surface area contributed by atoms with Crippen LogP contribution < -0.4 is 4.90 Å². The fourth-order valence-corrected chi connectivity index (χ4v) is 4.90. The van der Waals surface area contributed by atoms with E-state index in [0.29, 0.717) is 5.12 Å². The maximum absolute atomic E-state index is 12.2. The smallest absolute Gasteiger partial charge is 0.213 e. The van der Waals surface area contributed by atoms with Crippen LogP contribution in [0.25, 0.3) is 0 Å². The molecule has 1 aliphatic carbocycles. The van der Waals surface area contributed by atoms with Gasteiger partial charge in [0.25, 0.3) is 0 Å². The van der Waals surface area contributed by atoms with Gasteiger partial charge in [-0.1, -0.05) is 48.7 Å². The molecule has 1 atom stereocenters. The van der Waals surface area contributed by atoms with Gasteiger partial charge < -0.3 is 4.90 Å². The summed E-state index contributed by atoms with van der Waals surface area (Å²) in [6, 6.07) is 8.63. The number of rotatable bonds is 1. The zero-order valence-corrected chi connectivity index (χ0v) is 12.5. The quantitative estimate of drug-likeness (QED) is 0.769. The van der Waals surface area contributed by atoms with Gasteiger partial charge >= 0.3 is 0 Å². The van der Waals surface area contributed by atoms with E-state index >= 15 is 0 Å². The van der Waals surface area contributed by atoms with Crippen LogP contribution >= 0.6 is 11.8 Å². The lowest BCUT2D eigenvalue weighted by Crippen LogP contribution is -2.47. The monoisotopic (exact) mass is 275 g/mol. The Morgan fingerprint density at radius 3 is 2.42 bits per heavy atom. The largest absolute Gasteiger partial charge is 0.346 e. The minimum absolute atomic E-state index is 0.00538. The summed E-state index contributed by atoms with van der Waals surface area (Å²) in [6.07, 6.45) is 6.08. The second kappa shape index (κ2) is 4.86. The molecule has 102 valence electrons. The summed E-state index contributed by atoms with van der Waals surface area (Å²) >= 11 is 1.59. The third kappa shape index (κ3) is 2.18. The first-order valence-electron chi connectivity index (χ1n) is 7.21. The SMILES string of the molecule is Cc1ccc(N2[C@H](C)C(=O)SC23CCCCC3)cc1. The molecule has 1 aromatic rings. The molecule has 0 N–H and O–H groups in total. The van der Waals surface area contributed by atoms with Crippen molar-refractivity contribution in [2.24, 2.45) is 0 Å². The number of carbonyl (C=O) groups is 1. The van der Waals surface area contributed by atoms with Crippen LogP contribution in [0.2, 0.25) is 0 Å². The molecule has 2 fully saturated rings. The summed E-state index contributed by atoms with van der Waals surface area (Å²) in [7, 11) is 0. The van der Waals surface area contributed by atoms with Crippen LogP contribution in [0.5, 0.6) is 0 Å². The van der Waals surface area contributed by atoms with Crippen LogP contribution in [-0.4, -0.2) is 16.0 Å². The van der Waals surface area contributed by atoms with Crippen LogP contribution in [0.1, 0.15) is 44.6 Å². The molecule has 1 heterocycles. The molecule has 1 spiro atoms. The molecule has 0 radical (unpaired) electrons. The second-order valence-corrected chi connectivity index (χ2v) is 7.18. The summed E-state index contributed by atoms with van der Waals surface area (Å²) in [5, 5.41) is 0.336. The van der Waals surface area contributed by atoms with Gasteiger partial charge in [0.05, 0.1) is 10.9 Å². The summed E-state index contributed by atoms with van der Waals surface area (Å²) in [5.41, 5.74) is 2.48. The molecule has 19 heavy (non-hydrogen) atoms. The van der Waals surface area contributed by atoms with Crippen molar-refractivity contribution in [3.63, 3.8) is 0 Å². The predicted molar refractivity (Wildman–Crippen MR) is 81.5 cm³/mol. The molecule has 0 bridgehead atoms. The number of hydrogen-bond donors (Lipinski definition) is 0. The van der Waals surface area contributed by atoms with Crippen molar-refractivity contribution in [3.05, 3.63) is 29.8 Å². The van der Waals surface area contributed by atoms with Crippen molar-refractivity contribution in [2.45, 2.75) is 56.9 Å². The average molecular weight is 275 g/mol. The lowest BCUT2D eigenvalue weighted by atomic mass is 9.92. The molecule has 3 rings (SSSR count). The fraction of sp³-hybridized carbons (Fsp3) is 0.562. The van der Waals surface area contributed by atoms with Gasteiger partial charge in [-0.05, 0) is 38.8 Å². The second-order valence-electron chi connectivity index (χ2n) is 5.81. The molecule has 0 aromatic heterocycles. The first-order chi connectivity index (χ1) is 9.12. The molecule has 3 heteroatoms. The Balaban J connectivity index is 1.99. The van der Waals surface area contributed by atoms with Crippen molar-refractivity contribution in [1.82, 2.24) is 0 Å². The van der Waals surface area contributed by atoms with Crippen molar-refractivity contribution >= 4 is 22.6 Å². The minimum Gasteiger partial charge on any atom is -0.346 e. The highest BCUT2D eigenvalue weighted by atomic mass is 32.2. The van der Waals surface area contributed by atoms with E-state index in [0.717, 1.165) is 12.8 Å². The molecule has 0 unspecified atom stereocenters. The van der Waals surface area contributed by atoms with Gasteiger partial charge in [0.15, 0.2) is 0 Å². The third-order valence-electron chi connectivity index (χ3n) is 4.40. The van der Waals surface area contributed by atoms with Gasteiger partial charge in [-0.2, -0.15) is 0 Å². The molecular formula is C16H21NOS. The van der Waals surface area contributed by atoms with Crippen molar-refractivity contribution in [3.8, 4) is 0 Å². The summed E-state index contributed by atoms with van der Waals surface area (Å²) < 4.78 is 0. The minimum atomic E-state index is 0.00538. The van der Waals surface area contributed by atoms with E-state index in [1.54, 1.807) is 11.8 Å². The van der Waals surface area contributed by atoms with Gasteiger partial charge in [0.1, 0.15) is 0 Å². The Morgan fingerprint density at radius 1 is 1.16 bits per heavy atom. The van der Waals surface area contributed by atoms with Crippen LogP contribution in [-0.2, 0) is 4.79 Å². The number of aryl methyl sites for hydroxylation is 1. The number of nitrogens with zero attached hydrogens (tertiary/aromatic N) is 1. The van der Waals surface area contributed by atoms with Gasteiger partial charge in [-0.25, -0.2) is 0 Å². The van der Waals surface area contributed by atoms with E-state index in [1.165, 1.54) is 30.5 Å². The molecule has 1 saturated heterocycles. The van der Waals surface area contributed by atoms with E-state index in [-0.39, 0.29) is 10.9 Å². The molecule has 1 aromatic carbocycles. The topological polar surface area (TPSA) is 20.3 Å². The van der Waals surface area contributed by atoms with Gasteiger partial charge in [0.2, 0.25) is 5.12 Å². The highest BCUT2D eigenvalue weighted by Gasteiger charge is 2.50. The zero-order valence-electron chi connectivity index (χ0n) is 11.7. The Morgan fingerprint density at radius 2 is 1.79 bits per heavy atom. The lowest BCUT2D eigenvalue weighted by Gasteiger charge is -2.42. The predicted octanol–water partition coefficient (Wildman–Crippen LogP) is 4.12. The number of thioether (sulfide) groups is 1. The van der Waals surface area contributed by atoms with E-state index in [1.807, 2.05) is 0 Å². The van der Waals surface area contributed by atoms with Crippen molar-refractivity contribution < 1.29 is 4.79 Å². The maximum Gasteiger partial charge on any atom is 0.213 e. The Hall–Kier alpha value is -0.960. The average Bonchev–Trinajstić information content (AvgIpc) is 2.64. The summed E-state index contributed by atoms with van der Waals surface area (Å²) in [5.74, 6) is 0. The van der Waals surface area contributed by atoms with Crippen molar-refractivity contribution in [2.75, 3.05) is 4.90 Å². The third-order valence-corrected chi connectivity index (χ3v) is 5.93. The standard InChI is InChI=1S/C16H21NOS/c1-12-6-8-14(9-7-12)17-13(2)15(18)19-16(17)10-4-3-5-11-16/h6-9,13H,3-5,10-11H2,1-2H3/t13-/m1/s1. The number of anilines is 1. The summed E-state index contributed by atoms with van der Waals surface area (Å²) in [6.45, 7) is 4.16. The highest BCUT2D eigenvalue weighted by Crippen LogP contribution is 2.51. The van der Waals surface area contributed by atoms with Crippen LogP contribution in [0.4, 0.5) is 5.69 Å². The highest BCUT2D eigenvalue weighted by molar-refractivity contribution is 8.15. The molecule has 1 aliphatic heterocycles. The van der Waals surface area contributed by atoms with Gasteiger partial charge in [-0.3, -0.25) is 4.79 Å². The molecular weight excluding hydrogens is 254 g/mol. The van der Waals surface area contributed by atoms with E-state index < -0.39 is 0 Å². The molecule has 2 aliphatic rings. The van der Waals surface area contributed by atoms with Crippen LogP contribution in [0.3, 0.4) is 0 Å². The number of hydrogen-bond acceptors (Lipinski definition) is 3. The molecule has 2 nitrogen and oxygen atoms in total. The first kappa shape index (κ1) is 13.0. The Kier molecular flexibility index (Phi) is 3.34. The normalized spacial score (nSPS) is 26.1. The Bertz CT molecular complexity index is 476. The summed E-state index contributed by atoms with van der Waals surface area (Å²) in [4.78, 5) is 14.6. The van der Waals surface area contributed by atoms with Gasteiger partial charge in [0, 0.05) is 5.69 Å². The lowest BCUT2D eigenvalue weighted by molar-refractivity contribution is -0.111.